The fraction of sp³-hybridized carbons (Fsp3) is 1.00. The van der Waals surface area contributed by atoms with Crippen molar-refractivity contribution >= 4 is 0 Å². The van der Waals surface area contributed by atoms with Gasteiger partial charge < -0.3 is 10.6 Å². The molecule has 1 saturated heterocycles. The molecule has 0 bridgehead atoms. The fourth-order valence-corrected chi connectivity index (χ4v) is 3.90. The first-order chi connectivity index (χ1) is 8.67. The summed E-state index contributed by atoms with van der Waals surface area (Å²) in [6, 6.07) is 0.496. The minimum absolute atomic E-state index is 0.496. The number of nitrogens with two attached hydrogens (primary N) is 1. The molecular weight excluding hydrogens is 220 g/mol. The van der Waals surface area contributed by atoms with E-state index in [0.717, 1.165) is 5.92 Å². The maximum Gasteiger partial charge on any atom is 0.00390 e. The lowest BCUT2D eigenvalue weighted by Crippen LogP contribution is -2.42. The smallest absolute Gasteiger partial charge is 0.00390 e. The van der Waals surface area contributed by atoms with Crippen LogP contribution in [0.2, 0.25) is 0 Å². The molecule has 2 fully saturated rings. The third kappa shape index (κ3) is 3.48. The van der Waals surface area contributed by atoms with Gasteiger partial charge in [0.2, 0.25) is 0 Å². The molecule has 18 heavy (non-hydrogen) atoms. The highest BCUT2D eigenvalue weighted by atomic mass is 15.1. The van der Waals surface area contributed by atoms with E-state index in [1.807, 2.05) is 0 Å². The summed E-state index contributed by atoms with van der Waals surface area (Å²) in [6.07, 6.45) is 10.8. The largest absolute Gasteiger partial charge is 0.328 e. The highest BCUT2D eigenvalue weighted by molar-refractivity contribution is 4.85. The van der Waals surface area contributed by atoms with Gasteiger partial charge in [-0.25, -0.2) is 0 Å². The number of piperidine rings is 1. The molecule has 1 aliphatic heterocycles. The van der Waals surface area contributed by atoms with Gasteiger partial charge in [0.25, 0.3) is 0 Å². The van der Waals surface area contributed by atoms with Crippen LogP contribution in [0.25, 0.3) is 0 Å². The molecule has 106 valence electrons. The van der Waals surface area contributed by atoms with Crippen molar-refractivity contribution in [3.05, 3.63) is 0 Å². The second-order valence-electron chi connectivity index (χ2n) is 6.79. The summed E-state index contributed by atoms with van der Waals surface area (Å²) in [5, 5.41) is 0. The zero-order valence-corrected chi connectivity index (χ0v) is 12.5. The van der Waals surface area contributed by atoms with E-state index in [2.05, 4.69) is 18.7 Å². The lowest BCUT2D eigenvalue weighted by atomic mass is 9.74. The quantitative estimate of drug-likeness (QED) is 0.831. The van der Waals surface area contributed by atoms with Gasteiger partial charge in [-0.05, 0) is 62.9 Å². The normalized spacial score (nSPS) is 33.5. The van der Waals surface area contributed by atoms with E-state index in [0.29, 0.717) is 11.5 Å². The van der Waals surface area contributed by atoms with Crippen molar-refractivity contribution in [3.8, 4) is 0 Å². The van der Waals surface area contributed by atoms with E-state index in [1.54, 1.807) is 0 Å². The molecule has 2 nitrogen and oxygen atoms in total. The van der Waals surface area contributed by atoms with E-state index in [-0.39, 0.29) is 0 Å². The molecular formula is C16H32N2. The highest BCUT2D eigenvalue weighted by Crippen LogP contribution is 2.38. The summed E-state index contributed by atoms with van der Waals surface area (Å²) in [6.45, 7) is 8.77. The van der Waals surface area contributed by atoms with Crippen LogP contribution >= 0.6 is 0 Å². The zero-order chi connectivity index (χ0) is 13.0. The molecule has 0 aromatic heterocycles. The van der Waals surface area contributed by atoms with E-state index < -0.39 is 0 Å². The van der Waals surface area contributed by atoms with Crippen molar-refractivity contribution in [2.24, 2.45) is 17.1 Å². The Labute approximate surface area is 113 Å². The monoisotopic (exact) mass is 252 g/mol. The van der Waals surface area contributed by atoms with Gasteiger partial charge in [0.1, 0.15) is 0 Å². The molecule has 1 aliphatic carbocycles. The van der Waals surface area contributed by atoms with Gasteiger partial charge >= 0.3 is 0 Å². The van der Waals surface area contributed by atoms with Crippen molar-refractivity contribution in [1.82, 2.24) is 4.90 Å². The standard InChI is InChI=1S/C16H32N2/c1-3-16(4-2)9-11-18(12-10-16)13-14-5-7-15(17)8-6-14/h14-15H,3-13,17H2,1-2H3. The first-order valence-electron chi connectivity index (χ1n) is 8.15. The first-order valence-corrected chi connectivity index (χ1v) is 8.15. The highest BCUT2D eigenvalue weighted by Gasteiger charge is 2.32. The summed E-state index contributed by atoms with van der Waals surface area (Å²) in [5.74, 6) is 0.931. The molecule has 1 saturated carbocycles. The Bertz CT molecular complexity index is 229. The lowest BCUT2D eigenvalue weighted by Gasteiger charge is -2.42. The van der Waals surface area contributed by atoms with Crippen LogP contribution in [0.15, 0.2) is 0 Å². The molecule has 2 rings (SSSR count). The molecule has 0 atom stereocenters. The number of hydrogen-bond acceptors (Lipinski definition) is 2. The lowest BCUT2D eigenvalue weighted by molar-refractivity contribution is 0.0781. The van der Waals surface area contributed by atoms with Gasteiger partial charge in [0.15, 0.2) is 0 Å². The summed E-state index contributed by atoms with van der Waals surface area (Å²) < 4.78 is 0. The van der Waals surface area contributed by atoms with Crippen LogP contribution in [0.4, 0.5) is 0 Å². The molecule has 2 aliphatic rings. The van der Waals surface area contributed by atoms with Crippen molar-refractivity contribution in [3.63, 3.8) is 0 Å². The average Bonchev–Trinajstić information content (AvgIpc) is 2.43. The minimum Gasteiger partial charge on any atom is -0.328 e. The zero-order valence-electron chi connectivity index (χ0n) is 12.5. The second kappa shape index (κ2) is 6.38. The van der Waals surface area contributed by atoms with Crippen molar-refractivity contribution < 1.29 is 0 Å². The van der Waals surface area contributed by atoms with E-state index >= 15 is 0 Å². The second-order valence-corrected chi connectivity index (χ2v) is 6.79. The molecule has 0 unspecified atom stereocenters. The van der Waals surface area contributed by atoms with Crippen LogP contribution in [0.1, 0.15) is 65.2 Å². The number of rotatable bonds is 4. The maximum atomic E-state index is 5.99. The fourth-order valence-electron chi connectivity index (χ4n) is 3.90. The molecule has 0 radical (unpaired) electrons. The van der Waals surface area contributed by atoms with Gasteiger partial charge in [-0.15, -0.1) is 0 Å². The average molecular weight is 252 g/mol. The van der Waals surface area contributed by atoms with Gasteiger partial charge in [0.05, 0.1) is 0 Å². The van der Waals surface area contributed by atoms with E-state index in [1.165, 1.54) is 71.0 Å². The number of hydrogen-bond donors (Lipinski definition) is 1. The Morgan fingerprint density at radius 1 is 1.00 bits per heavy atom. The molecule has 0 spiro atoms. The molecule has 2 heteroatoms. The summed E-state index contributed by atoms with van der Waals surface area (Å²) >= 11 is 0. The van der Waals surface area contributed by atoms with Crippen LogP contribution < -0.4 is 5.73 Å². The van der Waals surface area contributed by atoms with E-state index in [4.69, 9.17) is 5.73 Å². The SMILES string of the molecule is CCC1(CC)CCN(CC2CCC(N)CC2)CC1. The van der Waals surface area contributed by atoms with Crippen molar-refractivity contribution in [1.29, 1.82) is 0 Å². The van der Waals surface area contributed by atoms with Crippen LogP contribution in [-0.2, 0) is 0 Å². The summed E-state index contributed by atoms with van der Waals surface area (Å²) in [5.41, 5.74) is 6.66. The predicted molar refractivity (Wildman–Crippen MR) is 78.6 cm³/mol. The van der Waals surface area contributed by atoms with E-state index in [9.17, 15) is 0 Å². The Morgan fingerprint density at radius 2 is 1.56 bits per heavy atom. The number of likely N-dealkylation sites (tertiary alicyclic amines) is 1. The summed E-state index contributed by atoms with van der Waals surface area (Å²) in [7, 11) is 0. The Balaban J connectivity index is 1.73. The van der Waals surface area contributed by atoms with Gasteiger partial charge in [0, 0.05) is 12.6 Å². The molecule has 2 N–H and O–H groups in total. The predicted octanol–water partition coefficient (Wildman–Crippen LogP) is 3.41. The molecule has 0 aromatic carbocycles. The van der Waals surface area contributed by atoms with Crippen LogP contribution in [0.3, 0.4) is 0 Å². The van der Waals surface area contributed by atoms with Crippen molar-refractivity contribution in [2.75, 3.05) is 19.6 Å². The van der Waals surface area contributed by atoms with Crippen LogP contribution in [0, 0.1) is 11.3 Å². The van der Waals surface area contributed by atoms with Crippen LogP contribution in [0.5, 0.6) is 0 Å². The maximum absolute atomic E-state index is 5.99. The van der Waals surface area contributed by atoms with Crippen LogP contribution in [-0.4, -0.2) is 30.6 Å². The third-order valence-electron chi connectivity index (χ3n) is 5.82. The topological polar surface area (TPSA) is 29.3 Å². The summed E-state index contributed by atoms with van der Waals surface area (Å²) in [4.78, 5) is 2.73. The molecule has 0 aromatic rings. The Kier molecular flexibility index (Phi) is 5.08. The minimum atomic E-state index is 0.496. The Morgan fingerprint density at radius 3 is 2.06 bits per heavy atom. The Hall–Kier alpha value is -0.0800. The van der Waals surface area contributed by atoms with Crippen molar-refractivity contribution in [2.45, 2.75) is 71.3 Å². The molecule has 0 amide bonds. The van der Waals surface area contributed by atoms with Gasteiger partial charge in [-0.3, -0.25) is 0 Å². The first kappa shape index (κ1) is 14.3. The van der Waals surface area contributed by atoms with Gasteiger partial charge in [-0.1, -0.05) is 26.7 Å². The third-order valence-corrected chi connectivity index (χ3v) is 5.82. The number of nitrogens with zero attached hydrogens (tertiary/aromatic N) is 1. The molecule has 1 heterocycles. The van der Waals surface area contributed by atoms with Gasteiger partial charge in [-0.2, -0.15) is 0 Å².